The molecule has 0 atom stereocenters. The minimum Gasteiger partial charge on any atom is -0.342 e. The third-order valence-corrected chi connectivity index (χ3v) is 3.70. The molecule has 1 aliphatic rings. The number of likely N-dealkylation sites (N-methyl/N-ethyl adjacent to an activating group) is 2. The number of hydrogen-bond donors (Lipinski definition) is 1. The summed E-state index contributed by atoms with van der Waals surface area (Å²) in [5.74, 6) is 0.217. The molecular weight excluding hydrogens is 214 g/mol. The van der Waals surface area contributed by atoms with Crippen LogP contribution in [-0.4, -0.2) is 61.0 Å². The first kappa shape index (κ1) is 14.5. The molecule has 1 fully saturated rings. The summed E-state index contributed by atoms with van der Waals surface area (Å²) >= 11 is 0. The number of nitrogens with one attached hydrogen (secondary N) is 1. The fourth-order valence-electron chi connectivity index (χ4n) is 2.35. The molecule has 0 radical (unpaired) electrons. The van der Waals surface area contributed by atoms with E-state index in [9.17, 15) is 4.79 Å². The lowest BCUT2D eigenvalue weighted by atomic mass is 10.0. The van der Waals surface area contributed by atoms with Crippen molar-refractivity contribution in [2.24, 2.45) is 0 Å². The van der Waals surface area contributed by atoms with Gasteiger partial charge in [0.1, 0.15) is 0 Å². The number of rotatable bonds is 5. The van der Waals surface area contributed by atoms with Crippen LogP contribution >= 0.6 is 0 Å². The Morgan fingerprint density at radius 1 is 1.41 bits per heavy atom. The van der Waals surface area contributed by atoms with Gasteiger partial charge in [-0.1, -0.05) is 6.92 Å². The first-order chi connectivity index (χ1) is 8.06. The Labute approximate surface area is 105 Å². The second kappa shape index (κ2) is 6.97. The van der Waals surface area contributed by atoms with E-state index in [-0.39, 0.29) is 5.91 Å². The number of amides is 1. The van der Waals surface area contributed by atoms with Crippen LogP contribution in [0.4, 0.5) is 0 Å². The highest BCUT2D eigenvalue weighted by Crippen LogP contribution is 2.17. The zero-order chi connectivity index (χ0) is 12.8. The van der Waals surface area contributed by atoms with E-state index in [2.05, 4.69) is 24.1 Å². The zero-order valence-corrected chi connectivity index (χ0v) is 11.7. The van der Waals surface area contributed by atoms with Gasteiger partial charge in [-0.2, -0.15) is 0 Å². The van der Waals surface area contributed by atoms with Crippen molar-refractivity contribution in [3.8, 4) is 0 Å². The van der Waals surface area contributed by atoms with Crippen LogP contribution in [0.1, 0.15) is 33.6 Å². The van der Waals surface area contributed by atoms with Crippen LogP contribution in [-0.2, 0) is 4.79 Å². The van der Waals surface area contributed by atoms with Crippen molar-refractivity contribution in [1.29, 1.82) is 0 Å². The maximum Gasteiger partial charge on any atom is 0.236 e. The molecule has 1 aliphatic heterocycles. The molecule has 100 valence electrons. The first-order valence-electron chi connectivity index (χ1n) is 6.76. The molecule has 0 bridgehead atoms. The Kier molecular flexibility index (Phi) is 5.92. The first-order valence-corrected chi connectivity index (χ1v) is 6.76. The molecule has 0 aromatic carbocycles. The van der Waals surface area contributed by atoms with Crippen molar-refractivity contribution >= 4 is 5.91 Å². The van der Waals surface area contributed by atoms with Gasteiger partial charge in [0.15, 0.2) is 0 Å². The lowest BCUT2D eigenvalue weighted by Crippen LogP contribution is -2.49. The fourth-order valence-corrected chi connectivity index (χ4v) is 2.35. The number of carbonyl (C=O) groups excluding carboxylic acids is 1. The van der Waals surface area contributed by atoms with Crippen molar-refractivity contribution in [3.63, 3.8) is 0 Å². The summed E-state index contributed by atoms with van der Waals surface area (Å²) in [5, 5.41) is 3.09. The summed E-state index contributed by atoms with van der Waals surface area (Å²) in [6.45, 7) is 10.0. The second-order valence-electron chi connectivity index (χ2n) is 5.15. The van der Waals surface area contributed by atoms with Crippen LogP contribution in [0.3, 0.4) is 0 Å². The van der Waals surface area contributed by atoms with Gasteiger partial charge in [0, 0.05) is 32.2 Å². The number of likely N-dealkylation sites (tertiary alicyclic amines) is 1. The Morgan fingerprint density at radius 2 is 2.00 bits per heavy atom. The predicted molar refractivity (Wildman–Crippen MR) is 71.0 cm³/mol. The molecular formula is C13H27N3O. The third kappa shape index (κ3) is 4.28. The molecule has 1 amide bonds. The summed E-state index contributed by atoms with van der Waals surface area (Å²) < 4.78 is 0. The van der Waals surface area contributed by atoms with Crippen molar-refractivity contribution in [3.05, 3.63) is 0 Å². The number of piperidine rings is 1. The lowest BCUT2D eigenvalue weighted by molar-refractivity contribution is -0.131. The molecule has 4 heteroatoms. The molecule has 0 aromatic rings. The Balaban J connectivity index is 2.35. The van der Waals surface area contributed by atoms with Gasteiger partial charge in [-0.15, -0.1) is 0 Å². The molecule has 0 aliphatic carbocycles. The van der Waals surface area contributed by atoms with Gasteiger partial charge in [-0.05, 0) is 33.2 Å². The van der Waals surface area contributed by atoms with E-state index in [0.29, 0.717) is 18.6 Å². The van der Waals surface area contributed by atoms with Gasteiger partial charge in [0.25, 0.3) is 0 Å². The monoisotopic (exact) mass is 241 g/mol. The molecule has 1 saturated heterocycles. The number of hydrogen-bond acceptors (Lipinski definition) is 3. The van der Waals surface area contributed by atoms with E-state index in [4.69, 9.17) is 0 Å². The summed E-state index contributed by atoms with van der Waals surface area (Å²) in [5.41, 5.74) is 0. The highest BCUT2D eigenvalue weighted by atomic mass is 16.2. The lowest BCUT2D eigenvalue weighted by Gasteiger charge is -2.38. The fraction of sp³-hybridized carbons (Fsp3) is 0.923. The second-order valence-corrected chi connectivity index (χ2v) is 5.15. The van der Waals surface area contributed by atoms with Crippen LogP contribution in [0.5, 0.6) is 0 Å². The molecule has 0 spiro atoms. The summed E-state index contributed by atoms with van der Waals surface area (Å²) in [4.78, 5) is 16.3. The largest absolute Gasteiger partial charge is 0.342 e. The number of nitrogens with zero attached hydrogens (tertiary/aromatic N) is 2. The highest BCUT2D eigenvalue weighted by Gasteiger charge is 2.25. The van der Waals surface area contributed by atoms with Gasteiger partial charge in [0.05, 0.1) is 6.54 Å². The Hall–Kier alpha value is -0.610. The molecule has 1 rings (SSSR count). The zero-order valence-electron chi connectivity index (χ0n) is 11.7. The van der Waals surface area contributed by atoms with Gasteiger partial charge in [-0.25, -0.2) is 0 Å². The van der Waals surface area contributed by atoms with Gasteiger partial charge in [-0.3, -0.25) is 4.79 Å². The minimum atomic E-state index is 0.217. The maximum absolute atomic E-state index is 11.9. The van der Waals surface area contributed by atoms with Gasteiger partial charge >= 0.3 is 0 Å². The average molecular weight is 241 g/mol. The summed E-state index contributed by atoms with van der Waals surface area (Å²) in [6.07, 6.45) is 2.21. The predicted octanol–water partition coefficient (Wildman–Crippen LogP) is 0.927. The molecule has 17 heavy (non-hydrogen) atoms. The van der Waals surface area contributed by atoms with Crippen LogP contribution in [0, 0.1) is 0 Å². The summed E-state index contributed by atoms with van der Waals surface area (Å²) in [7, 11) is 1.94. The van der Waals surface area contributed by atoms with Gasteiger partial charge in [0.2, 0.25) is 5.91 Å². The van der Waals surface area contributed by atoms with Crippen molar-refractivity contribution < 1.29 is 4.79 Å². The van der Waals surface area contributed by atoms with Gasteiger partial charge < -0.3 is 15.1 Å². The van der Waals surface area contributed by atoms with E-state index in [0.717, 1.165) is 32.5 Å². The Bertz CT molecular complexity index is 235. The average Bonchev–Trinajstić information content (AvgIpc) is 2.35. The molecule has 0 saturated carbocycles. The smallest absolute Gasteiger partial charge is 0.236 e. The highest BCUT2D eigenvalue weighted by molar-refractivity contribution is 5.78. The molecule has 4 nitrogen and oxygen atoms in total. The van der Waals surface area contributed by atoms with E-state index in [1.54, 1.807) is 0 Å². The summed E-state index contributed by atoms with van der Waals surface area (Å²) in [6, 6.07) is 1.05. The van der Waals surface area contributed by atoms with E-state index < -0.39 is 0 Å². The van der Waals surface area contributed by atoms with Crippen molar-refractivity contribution in [2.45, 2.75) is 45.7 Å². The molecule has 1 N–H and O–H groups in total. The maximum atomic E-state index is 11.9. The Morgan fingerprint density at radius 3 is 2.47 bits per heavy atom. The molecule has 1 heterocycles. The van der Waals surface area contributed by atoms with Crippen molar-refractivity contribution in [1.82, 2.24) is 15.1 Å². The quantitative estimate of drug-likeness (QED) is 0.778. The number of carbonyl (C=O) groups is 1. The normalized spacial score (nSPS) is 18.6. The van der Waals surface area contributed by atoms with E-state index >= 15 is 0 Å². The van der Waals surface area contributed by atoms with Crippen LogP contribution < -0.4 is 5.32 Å². The van der Waals surface area contributed by atoms with Crippen LogP contribution in [0.2, 0.25) is 0 Å². The van der Waals surface area contributed by atoms with E-state index in [1.165, 1.54) is 0 Å². The van der Waals surface area contributed by atoms with Crippen LogP contribution in [0.25, 0.3) is 0 Å². The van der Waals surface area contributed by atoms with E-state index in [1.807, 2.05) is 18.9 Å². The van der Waals surface area contributed by atoms with Crippen LogP contribution in [0.15, 0.2) is 0 Å². The standard InChI is InChI=1S/C13H27N3O/c1-5-14-10-13(17)15(4)12-6-8-16(9-7-12)11(2)3/h11-12,14H,5-10H2,1-4H3. The SMILES string of the molecule is CCNCC(=O)N(C)C1CCN(C(C)C)CC1. The minimum absolute atomic E-state index is 0.217. The molecule has 0 unspecified atom stereocenters. The van der Waals surface area contributed by atoms with Crippen molar-refractivity contribution in [2.75, 3.05) is 33.2 Å². The topological polar surface area (TPSA) is 35.6 Å². The molecule has 0 aromatic heterocycles. The third-order valence-electron chi connectivity index (χ3n) is 3.70.